The molecule has 2 aliphatic heterocycles. The third-order valence-electron chi connectivity index (χ3n) is 8.69. The highest BCUT2D eigenvalue weighted by molar-refractivity contribution is 7.17. The fourth-order valence-corrected chi connectivity index (χ4v) is 7.56. The SMILES string of the molecule is CN1CCCN(Cc2cccc(C(=O)Nc3sc4c(c3C(=O)N/N=C/c3ccc(Cl)c(C(F)(F)F)c3)CCN(C3CC3)C4)c2)CC1. The van der Waals surface area contributed by atoms with Gasteiger partial charge in [0.1, 0.15) is 5.00 Å². The largest absolute Gasteiger partial charge is 0.417 e. The molecule has 2 aromatic carbocycles. The van der Waals surface area contributed by atoms with Gasteiger partial charge in [0.2, 0.25) is 0 Å². The number of hydrazone groups is 1. The number of nitrogens with zero attached hydrogens (tertiary/aromatic N) is 4. The van der Waals surface area contributed by atoms with E-state index in [0.29, 0.717) is 35.1 Å². The van der Waals surface area contributed by atoms with E-state index in [1.807, 2.05) is 18.2 Å². The molecule has 0 atom stereocenters. The molecule has 0 radical (unpaired) electrons. The van der Waals surface area contributed by atoms with Crippen LogP contribution in [0.3, 0.4) is 0 Å². The minimum atomic E-state index is -4.62. The topological polar surface area (TPSA) is 80.3 Å². The van der Waals surface area contributed by atoms with Crippen molar-refractivity contribution < 1.29 is 22.8 Å². The van der Waals surface area contributed by atoms with Gasteiger partial charge in [0, 0.05) is 49.2 Å². The molecule has 2 fully saturated rings. The predicted octanol–water partition coefficient (Wildman–Crippen LogP) is 6.09. The first-order valence-electron chi connectivity index (χ1n) is 15.4. The maximum atomic E-state index is 13.6. The number of nitrogens with one attached hydrogen (secondary N) is 2. The summed E-state index contributed by atoms with van der Waals surface area (Å²) in [7, 11) is 2.13. The Morgan fingerprint density at radius 2 is 1.89 bits per heavy atom. The molecule has 244 valence electrons. The highest BCUT2D eigenvalue weighted by atomic mass is 35.5. The fraction of sp³-hybridized carbons (Fsp3) is 0.424. The maximum Gasteiger partial charge on any atom is 0.417 e. The summed E-state index contributed by atoms with van der Waals surface area (Å²) < 4.78 is 39.9. The van der Waals surface area contributed by atoms with Gasteiger partial charge >= 0.3 is 6.18 Å². The number of halogens is 4. The van der Waals surface area contributed by atoms with Gasteiger partial charge < -0.3 is 10.2 Å². The van der Waals surface area contributed by atoms with E-state index < -0.39 is 22.7 Å². The molecule has 0 spiro atoms. The number of hydrogen-bond donors (Lipinski definition) is 2. The third-order valence-corrected chi connectivity index (χ3v) is 10.1. The smallest absolute Gasteiger partial charge is 0.313 e. The molecular weight excluding hydrogens is 637 g/mol. The summed E-state index contributed by atoms with van der Waals surface area (Å²) in [6.07, 6.45) is 0.599. The molecule has 46 heavy (non-hydrogen) atoms. The van der Waals surface area contributed by atoms with Crippen molar-refractivity contribution in [2.24, 2.45) is 5.10 Å². The summed E-state index contributed by atoms with van der Waals surface area (Å²) in [5.41, 5.74) is 4.38. The van der Waals surface area contributed by atoms with Crippen molar-refractivity contribution in [1.82, 2.24) is 20.1 Å². The van der Waals surface area contributed by atoms with Crippen molar-refractivity contribution in [3.8, 4) is 0 Å². The van der Waals surface area contributed by atoms with Crippen LogP contribution >= 0.6 is 22.9 Å². The van der Waals surface area contributed by atoms with E-state index in [9.17, 15) is 22.8 Å². The number of hydrogen-bond acceptors (Lipinski definition) is 7. The Hall–Kier alpha value is -3.29. The number of carbonyl (C=O) groups excluding carboxylic acids is 2. The number of amides is 2. The fourth-order valence-electron chi connectivity index (χ4n) is 6.07. The van der Waals surface area contributed by atoms with Crippen molar-refractivity contribution in [3.63, 3.8) is 0 Å². The molecule has 1 aliphatic carbocycles. The first-order valence-corrected chi connectivity index (χ1v) is 16.6. The van der Waals surface area contributed by atoms with Gasteiger partial charge in [-0.1, -0.05) is 29.8 Å². The van der Waals surface area contributed by atoms with Crippen LogP contribution in [0.4, 0.5) is 18.2 Å². The summed E-state index contributed by atoms with van der Waals surface area (Å²) >= 11 is 7.12. The number of benzene rings is 2. The standard InChI is InChI=1S/C33H36ClF3N6O2S/c1-41-11-3-12-42(15-14-41)19-22-4-2-5-23(16-22)30(44)39-32-29(25-10-13-43(24-7-8-24)20-28(25)46-32)31(45)40-38-18-21-6-9-27(34)26(17-21)33(35,36)37/h2,4-6,9,16-18,24H,3,7-8,10-15,19-20H2,1H3,(H,39,44)(H,40,45)/b38-18+. The first-order chi connectivity index (χ1) is 22.0. The molecule has 1 saturated carbocycles. The van der Waals surface area contributed by atoms with Crippen LogP contribution in [-0.2, 0) is 25.7 Å². The lowest BCUT2D eigenvalue weighted by Crippen LogP contribution is -2.32. The van der Waals surface area contributed by atoms with Crippen LogP contribution in [0.2, 0.25) is 5.02 Å². The number of thiophene rings is 1. The Labute approximate surface area is 275 Å². The molecule has 1 saturated heterocycles. The Balaban J connectivity index is 1.20. The monoisotopic (exact) mass is 672 g/mol. The molecule has 2 N–H and O–H groups in total. The Morgan fingerprint density at radius 1 is 1.07 bits per heavy atom. The molecule has 6 rings (SSSR count). The Bertz CT molecular complexity index is 1640. The Kier molecular flexibility index (Phi) is 9.81. The van der Waals surface area contributed by atoms with E-state index in [0.717, 1.165) is 92.9 Å². The summed E-state index contributed by atoms with van der Waals surface area (Å²) in [6, 6.07) is 11.5. The van der Waals surface area contributed by atoms with Crippen LogP contribution in [0.5, 0.6) is 0 Å². The molecule has 13 heteroatoms. The molecular formula is C33H36ClF3N6O2S. The summed E-state index contributed by atoms with van der Waals surface area (Å²) in [5, 5.41) is 6.97. The molecule has 1 aromatic heterocycles. The van der Waals surface area contributed by atoms with Crippen molar-refractivity contribution in [2.45, 2.75) is 51.0 Å². The lowest BCUT2D eigenvalue weighted by Gasteiger charge is -2.26. The van der Waals surface area contributed by atoms with Gasteiger partial charge in [-0.05, 0) is 86.8 Å². The molecule has 3 aliphatic rings. The van der Waals surface area contributed by atoms with Gasteiger partial charge in [0.05, 0.1) is 22.4 Å². The van der Waals surface area contributed by atoms with Gasteiger partial charge in [-0.2, -0.15) is 18.3 Å². The predicted molar refractivity (Wildman–Crippen MR) is 175 cm³/mol. The number of likely N-dealkylation sites (N-methyl/N-ethyl adjacent to an activating group) is 1. The molecule has 8 nitrogen and oxygen atoms in total. The van der Waals surface area contributed by atoms with Crippen molar-refractivity contribution in [1.29, 1.82) is 0 Å². The van der Waals surface area contributed by atoms with Crippen LogP contribution in [-0.4, -0.2) is 78.5 Å². The van der Waals surface area contributed by atoms with Gasteiger partial charge in [0.15, 0.2) is 0 Å². The second kappa shape index (κ2) is 13.8. The van der Waals surface area contributed by atoms with Crippen LogP contribution < -0.4 is 10.7 Å². The second-order valence-electron chi connectivity index (χ2n) is 12.2. The van der Waals surface area contributed by atoms with Gasteiger partial charge in [-0.3, -0.25) is 19.4 Å². The highest BCUT2D eigenvalue weighted by Gasteiger charge is 2.35. The average molecular weight is 673 g/mol. The molecule has 0 unspecified atom stereocenters. The first kappa shape index (κ1) is 32.6. The van der Waals surface area contributed by atoms with Gasteiger partial charge in [0.25, 0.3) is 11.8 Å². The zero-order valence-electron chi connectivity index (χ0n) is 25.5. The molecule has 0 bridgehead atoms. The molecule has 3 aromatic rings. The summed E-state index contributed by atoms with van der Waals surface area (Å²) in [4.78, 5) is 35.3. The van der Waals surface area contributed by atoms with E-state index in [1.165, 1.54) is 17.4 Å². The van der Waals surface area contributed by atoms with Crippen LogP contribution in [0, 0.1) is 0 Å². The number of fused-ring (bicyclic) bond motifs is 1. The van der Waals surface area contributed by atoms with Crippen molar-refractivity contribution in [3.05, 3.63) is 85.7 Å². The quantitative estimate of drug-likeness (QED) is 0.224. The second-order valence-corrected chi connectivity index (χ2v) is 13.7. The zero-order valence-corrected chi connectivity index (χ0v) is 27.1. The zero-order chi connectivity index (χ0) is 32.4. The van der Waals surface area contributed by atoms with E-state index in [4.69, 9.17) is 11.6 Å². The molecule has 2 amide bonds. The average Bonchev–Trinajstić information content (AvgIpc) is 3.83. The molecule has 3 heterocycles. The van der Waals surface area contributed by atoms with Crippen molar-refractivity contribution in [2.75, 3.05) is 45.1 Å². The van der Waals surface area contributed by atoms with Gasteiger partial charge in [-0.15, -0.1) is 11.3 Å². The lowest BCUT2D eigenvalue weighted by molar-refractivity contribution is -0.137. The minimum absolute atomic E-state index is 0.130. The van der Waals surface area contributed by atoms with E-state index in [-0.39, 0.29) is 11.5 Å². The highest BCUT2D eigenvalue weighted by Crippen LogP contribution is 2.40. The normalized spacial score (nSPS) is 18.4. The van der Waals surface area contributed by atoms with Crippen LogP contribution in [0.1, 0.15) is 67.1 Å². The lowest BCUT2D eigenvalue weighted by atomic mass is 10.0. The van der Waals surface area contributed by atoms with Crippen LogP contribution in [0.15, 0.2) is 47.6 Å². The van der Waals surface area contributed by atoms with Gasteiger partial charge in [-0.25, -0.2) is 5.43 Å². The van der Waals surface area contributed by atoms with E-state index in [2.05, 4.69) is 37.6 Å². The van der Waals surface area contributed by atoms with E-state index in [1.54, 1.807) is 6.07 Å². The summed E-state index contributed by atoms with van der Waals surface area (Å²) in [5.74, 6) is -0.845. The van der Waals surface area contributed by atoms with E-state index >= 15 is 0 Å². The number of rotatable bonds is 8. The Morgan fingerprint density at radius 3 is 2.67 bits per heavy atom. The minimum Gasteiger partial charge on any atom is -0.313 e. The van der Waals surface area contributed by atoms with Crippen molar-refractivity contribution >= 4 is 46.0 Å². The number of anilines is 1. The third kappa shape index (κ3) is 7.80. The number of alkyl halides is 3. The van der Waals surface area contributed by atoms with Crippen LogP contribution in [0.25, 0.3) is 0 Å². The number of carbonyl (C=O) groups is 2. The summed E-state index contributed by atoms with van der Waals surface area (Å²) in [6.45, 7) is 6.31. The maximum absolute atomic E-state index is 13.6.